The van der Waals surface area contributed by atoms with Crippen LogP contribution in [-0.4, -0.2) is 21.0 Å². The second kappa shape index (κ2) is 4.90. The van der Waals surface area contributed by atoms with E-state index in [0.717, 1.165) is 24.2 Å². The summed E-state index contributed by atoms with van der Waals surface area (Å²) in [5.74, 6) is 0. The predicted octanol–water partition coefficient (Wildman–Crippen LogP) is 1.55. The average Bonchev–Trinajstić information content (AvgIpc) is 2.76. The number of hydrogen-bond acceptors (Lipinski definition) is 3. The molecule has 1 aromatic heterocycles. The van der Waals surface area contributed by atoms with E-state index in [-0.39, 0.29) is 6.04 Å². The van der Waals surface area contributed by atoms with Gasteiger partial charge in [0.2, 0.25) is 0 Å². The van der Waals surface area contributed by atoms with Crippen LogP contribution in [0.2, 0.25) is 0 Å². The van der Waals surface area contributed by atoms with E-state index in [9.17, 15) is 0 Å². The zero-order valence-corrected chi connectivity index (χ0v) is 9.37. The molecule has 0 aliphatic heterocycles. The van der Waals surface area contributed by atoms with Gasteiger partial charge < -0.3 is 5.73 Å². The first-order valence-electron chi connectivity index (χ1n) is 5.48. The second-order valence-corrected chi connectivity index (χ2v) is 4.01. The lowest BCUT2D eigenvalue weighted by atomic mass is 10.1. The summed E-state index contributed by atoms with van der Waals surface area (Å²) in [6.07, 6.45) is 3.77. The van der Waals surface area contributed by atoms with Crippen molar-refractivity contribution in [2.45, 2.75) is 25.8 Å². The lowest BCUT2D eigenvalue weighted by molar-refractivity contribution is 0.656. The van der Waals surface area contributed by atoms with Crippen LogP contribution < -0.4 is 5.73 Å². The molecule has 0 bridgehead atoms. The Kier molecular flexibility index (Phi) is 3.31. The molecule has 4 heteroatoms. The third-order valence-electron chi connectivity index (χ3n) is 2.42. The molecule has 0 saturated heterocycles. The van der Waals surface area contributed by atoms with Gasteiger partial charge in [-0.1, -0.05) is 23.4 Å². The fourth-order valence-electron chi connectivity index (χ4n) is 1.50. The van der Waals surface area contributed by atoms with Gasteiger partial charge in [0.25, 0.3) is 0 Å². The molecule has 84 valence electrons. The topological polar surface area (TPSA) is 56.7 Å². The molecule has 0 fully saturated rings. The minimum Gasteiger partial charge on any atom is -0.328 e. The van der Waals surface area contributed by atoms with Gasteiger partial charge in [0.15, 0.2) is 0 Å². The van der Waals surface area contributed by atoms with E-state index in [0.29, 0.717) is 0 Å². The van der Waals surface area contributed by atoms with Crippen LogP contribution in [-0.2, 0) is 6.42 Å². The van der Waals surface area contributed by atoms with Crippen molar-refractivity contribution in [3.63, 3.8) is 0 Å². The van der Waals surface area contributed by atoms with E-state index >= 15 is 0 Å². The van der Waals surface area contributed by atoms with Gasteiger partial charge in [0, 0.05) is 6.04 Å². The molecule has 4 nitrogen and oxygen atoms in total. The lowest BCUT2D eigenvalue weighted by Gasteiger charge is -2.00. The van der Waals surface area contributed by atoms with E-state index in [1.54, 1.807) is 4.68 Å². The average molecular weight is 216 g/mol. The van der Waals surface area contributed by atoms with Gasteiger partial charge in [0.05, 0.1) is 17.6 Å². The molecule has 0 radical (unpaired) electrons. The monoisotopic (exact) mass is 216 g/mol. The van der Waals surface area contributed by atoms with Crippen LogP contribution in [0.3, 0.4) is 0 Å². The molecule has 1 heterocycles. The number of rotatable bonds is 4. The Balaban J connectivity index is 2.08. The molecular weight excluding hydrogens is 200 g/mol. The highest BCUT2D eigenvalue weighted by Crippen LogP contribution is 2.07. The maximum absolute atomic E-state index is 5.70. The lowest BCUT2D eigenvalue weighted by Crippen LogP contribution is -2.15. The quantitative estimate of drug-likeness (QED) is 0.843. The van der Waals surface area contributed by atoms with Gasteiger partial charge in [-0.25, -0.2) is 4.68 Å². The molecule has 0 saturated carbocycles. The Morgan fingerprint density at radius 2 is 2.06 bits per heavy atom. The van der Waals surface area contributed by atoms with Gasteiger partial charge in [-0.3, -0.25) is 0 Å². The SMILES string of the molecule is C[C@@H](N)CCc1cn(-c2ccccc2)nn1. The van der Waals surface area contributed by atoms with Crippen molar-refractivity contribution >= 4 is 0 Å². The number of aryl methyl sites for hydroxylation is 1. The highest BCUT2D eigenvalue weighted by atomic mass is 15.4. The van der Waals surface area contributed by atoms with Gasteiger partial charge >= 0.3 is 0 Å². The fraction of sp³-hybridized carbons (Fsp3) is 0.333. The van der Waals surface area contributed by atoms with Crippen LogP contribution in [0.15, 0.2) is 36.5 Å². The van der Waals surface area contributed by atoms with Crippen LogP contribution >= 0.6 is 0 Å². The highest BCUT2D eigenvalue weighted by molar-refractivity contribution is 5.29. The van der Waals surface area contributed by atoms with E-state index < -0.39 is 0 Å². The Labute approximate surface area is 95.1 Å². The maximum atomic E-state index is 5.70. The molecule has 0 aliphatic carbocycles. The summed E-state index contributed by atoms with van der Waals surface area (Å²) in [6, 6.07) is 10.2. The van der Waals surface area contributed by atoms with Crippen LogP contribution in [0.25, 0.3) is 5.69 Å². The molecule has 1 atom stereocenters. The van der Waals surface area contributed by atoms with Crippen LogP contribution in [0.1, 0.15) is 19.0 Å². The first-order valence-corrected chi connectivity index (χ1v) is 5.48. The zero-order chi connectivity index (χ0) is 11.4. The van der Waals surface area contributed by atoms with Crippen LogP contribution in [0.5, 0.6) is 0 Å². The smallest absolute Gasteiger partial charge is 0.0832 e. The molecule has 1 aromatic carbocycles. The van der Waals surface area contributed by atoms with E-state index in [1.165, 1.54) is 0 Å². The molecule has 16 heavy (non-hydrogen) atoms. The summed E-state index contributed by atoms with van der Waals surface area (Å²) in [5, 5.41) is 8.21. The standard InChI is InChI=1S/C12H16N4/c1-10(13)7-8-11-9-16(15-14-11)12-5-3-2-4-6-12/h2-6,9-10H,7-8,13H2,1H3/t10-/m1/s1. The van der Waals surface area contributed by atoms with Crippen LogP contribution in [0.4, 0.5) is 0 Å². The normalized spacial score (nSPS) is 12.6. The Bertz CT molecular complexity index is 433. The Hall–Kier alpha value is -1.68. The van der Waals surface area contributed by atoms with Crippen molar-refractivity contribution < 1.29 is 0 Å². The van der Waals surface area contributed by atoms with Crippen LogP contribution in [0, 0.1) is 0 Å². The minimum atomic E-state index is 0.210. The van der Waals surface area contributed by atoms with Crippen molar-refractivity contribution in [1.82, 2.24) is 15.0 Å². The third kappa shape index (κ3) is 2.67. The number of para-hydroxylation sites is 1. The number of nitrogens with zero attached hydrogens (tertiary/aromatic N) is 3. The number of benzene rings is 1. The van der Waals surface area contributed by atoms with Gasteiger partial charge in [0.1, 0.15) is 0 Å². The van der Waals surface area contributed by atoms with Gasteiger partial charge in [-0.15, -0.1) is 5.10 Å². The van der Waals surface area contributed by atoms with E-state index in [4.69, 9.17) is 5.73 Å². The molecule has 0 spiro atoms. The van der Waals surface area contributed by atoms with Crippen molar-refractivity contribution in [3.05, 3.63) is 42.2 Å². The molecule has 2 rings (SSSR count). The van der Waals surface area contributed by atoms with Crippen molar-refractivity contribution in [2.75, 3.05) is 0 Å². The summed E-state index contributed by atoms with van der Waals surface area (Å²) in [6.45, 7) is 2.00. The second-order valence-electron chi connectivity index (χ2n) is 4.01. The Morgan fingerprint density at radius 3 is 2.75 bits per heavy atom. The predicted molar refractivity (Wildman–Crippen MR) is 63.3 cm³/mol. The van der Waals surface area contributed by atoms with Crippen molar-refractivity contribution in [1.29, 1.82) is 0 Å². The first kappa shape index (κ1) is 10.8. The third-order valence-corrected chi connectivity index (χ3v) is 2.42. The molecule has 2 aromatic rings. The molecule has 0 unspecified atom stereocenters. The number of aromatic nitrogens is 3. The number of hydrogen-bond donors (Lipinski definition) is 1. The molecule has 2 N–H and O–H groups in total. The number of nitrogens with two attached hydrogens (primary N) is 1. The minimum absolute atomic E-state index is 0.210. The van der Waals surface area contributed by atoms with Crippen molar-refractivity contribution in [2.24, 2.45) is 5.73 Å². The first-order chi connectivity index (χ1) is 7.75. The summed E-state index contributed by atoms with van der Waals surface area (Å²) < 4.78 is 1.79. The van der Waals surface area contributed by atoms with E-state index in [2.05, 4.69) is 10.3 Å². The maximum Gasteiger partial charge on any atom is 0.0832 e. The highest BCUT2D eigenvalue weighted by Gasteiger charge is 2.03. The van der Waals surface area contributed by atoms with Crippen molar-refractivity contribution in [3.8, 4) is 5.69 Å². The Morgan fingerprint density at radius 1 is 1.31 bits per heavy atom. The largest absolute Gasteiger partial charge is 0.328 e. The fourth-order valence-corrected chi connectivity index (χ4v) is 1.50. The van der Waals surface area contributed by atoms with E-state index in [1.807, 2.05) is 43.5 Å². The molecule has 0 aliphatic rings. The summed E-state index contributed by atoms with van der Waals surface area (Å²) >= 11 is 0. The van der Waals surface area contributed by atoms with Gasteiger partial charge in [-0.2, -0.15) is 0 Å². The summed E-state index contributed by atoms with van der Waals surface area (Å²) in [5.41, 5.74) is 7.72. The summed E-state index contributed by atoms with van der Waals surface area (Å²) in [4.78, 5) is 0. The molecule has 0 amide bonds. The summed E-state index contributed by atoms with van der Waals surface area (Å²) in [7, 11) is 0. The zero-order valence-electron chi connectivity index (χ0n) is 9.37. The van der Waals surface area contributed by atoms with Gasteiger partial charge in [-0.05, 0) is 31.9 Å². The molecular formula is C12H16N4.